The molecule has 0 amide bonds. The van der Waals surface area contributed by atoms with E-state index in [0.29, 0.717) is 16.6 Å². The van der Waals surface area contributed by atoms with Gasteiger partial charge in [-0.2, -0.15) is 0 Å². The van der Waals surface area contributed by atoms with Crippen molar-refractivity contribution < 1.29 is 9.50 Å². The van der Waals surface area contributed by atoms with Crippen molar-refractivity contribution in [3.8, 4) is 5.75 Å². The number of halogens is 2. The Balaban J connectivity index is 2.24. The van der Waals surface area contributed by atoms with E-state index in [-0.39, 0.29) is 5.75 Å². The van der Waals surface area contributed by atoms with Crippen LogP contribution in [0.2, 0.25) is 0 Å². The molecule has 0 unspecified atom stereocenters. The van der Waals surface area contributed by atoms with Crippen molar-refractivity contribution in [2.24, 2.45) is 0 Å². The van der Waals surface area contributed by atoms with Crippen LogP contribution in [0.3, 0.4) is 0 Å². The van der Waals surface area contributed by atoms with E-state index in [2.05, 4.69) is 26.1 Å². The van der Waals surface area contributed by atoms with E-state index in [0.717, 1.165) is 31.7 Å². The first-order valence-corrected chi connectivity index (χ1v) is 6.48. The normalized spacial score (nSPS) is 17.4. The number of hydrogen-bond donors (Lipinski definition) is 2. The summed E-state index contributed by atoms with van der Waals surface area (Å²) in [5.74, 6) is -0.781. The molecule has 1 aromatic carbocycles. The van der Waals surface area contributed by atoms with Crippen molar-refractivity contribution in [1.29, 1.82) is 0 Å². The summed E-state index contributed by atoms with van der Waals surface area (Å²) < 4.78 is 14.2. The molecule has 0 bridgehead atoms. The van der Waals surface area contributed by atoms with E-state index in [1.165, 1.54) is 6.07 Å². The second-order valence-electron chi connectivity index (χ2n) is 4.32. The SMILES string of the molecule is Cc1c(Br)cc(F)c(O)c1CN1CCNCC1. The lowest BCUT2D eigenvalue weighted by atomic mass is 10.1. The highest BCUT2D eigenvalue weighted by Gasteiger charge is 2.18. The maximum Gasteiger partial charge on any atom is 0.166 e. The smallest absolute Gasteiger partial charge is 0.166 e. The highest BCUT2D eigenvalue weighted by molar-refractivity contribution is 9.10. The van der Waals surface area contributed by atoms with Crippen LogP contribution in [-0.2, 0) is 6.54 Å². The highest BCUT2D eigenvalue weighted by Crippen LogP contribution is 2.31. The Kier molecular flexibility index (Phi) is 4.01. The molecule has 0 radical (unpaired) electrons. The van der Waals surface area contributed by atoms with Crippen molar-refractivity contribution in [3.63, 3.8) is 0 Å². The van der Waals surface area contributed by atoms with Gasteiger partial charge in [0.05, 0.1) is 0 Å². The fourth-order valence-electron chi connectivity index (χ4n) is 2.04. The Morgan fingerprint density at radius 3 is 2.76 bits per heavy atom. The van der Waals surface area contributed by atoms with Gasteiger partial charge in [-0.1, -0.05) is 15.9 Å². The summed E-state index contributed by atoms with van der Waals surface area (Å²) in [6.45, 7) is 6.21. The van der Waals surface area contributed by atoms with Crippen LogP contribution in [0.25, 0.3) is 0 Å². The molecule has 2 rings (SSSR count). The molecule has 1 heterocycles. The molecular weight excluding hydrogens is 287 g/mol. The Bertz CT molecular complexity index is 393. The number of aromatic hydroxyl groups is 1. The zero-order valence-electron chi connectivity index (χ0n) is 9.76. The number of phenols is 1. The van der Waals surface area contributed by atoms with Crippen molar-refractivity contribution in [1.82, 2.24) is 10.2 Å². The minimum atomic E-state index is -0.562. The second-order valence-corrected chi connectivity index (χ2v) is 5.17. The van der Waals surface area contributed by atoms with Gasteiger partial charge in [0.1, 0.15) is 0 Å². The molecular formula is C12H16BrFN2O. The number of rotatable bonds is 2. The van der Waals surface area contributed by atoms with Crippen LogP contribution in [0.4, 0.5) is 4.39 Å². The zero-order chi connectivity index (χ0) is 12.4. The fraction of sp³-hybridized carbons (Fsp3) is 0.500. The summed E-state index contributed by atoms with van der Waals surface area (Å²) in [5, 5.41) is 13.1. The van der Waals surface area contributed by atoms with Crippen LogP contribution in [-0.4, -0.2) is 36.2 Å². The van der Waals surface area contributed by atoms with E-state index >= 15 is 0 Å². The lowest BCUT2D eigenvalue weighted by Crippen LogP contribution is -2.43. The predicted molar refractivity (Wildman–Crippen MR) is 68.6 cm³/mol. The lowest BCUT2D eigenvalue weighted by Gasteiger charge is -2.28. The summed E-state index contributed by atoms with van der Waals surface area (Å²) in [7, 11) is 0. The van der Waals surface area contributed by atoms with Gasteiger partial charge in [-0.3, -0.25) is 4.90 Å². The summed E-state index contributed by atoms with van der Waals surface area (Å²) in [6, 6.07) is 1.31. The van der Waals surface area contributed by atoms with E-state index in [9.17, 15) is 9.50 Å². The molecule has 1 aliphatic rings. The van der Waals surface area contributed by atoms with Gasteiger partial charge >= 0.3 is 0 Å². The largest absolute Gasteiger partial charge is 0.505 e. The number of benzene rings is 1. The molecule has 0 saturated carbocycles. The summed E-state index contributed by atoms with van der Waals surface area (Å²) in [5.41, 5.74) is 1.58. The summed E-state index contributed by atoms with van der Waals surface area (Å²) in [6.07, 6.45) is 0. The van der Waals surface area contributed by atoms with Gasteiger partial charge in [-0.05, 0) is 18.6 Å². The standard InChI is InChI=1S/C12H16BrFN2O/c1-8-9(7-16-4-2-15-3-5-16)12(17)11(14)6-10(8)13/h6,15,17H,2-5,7H2,1H3. The average Bonchev–Trinajstić information content (AvgIpc) is 2.33. The molecule has 3 nitrogen and oxygen atoms in total. The molecule has 1 fully saturated rings. The minimum Gasteiger partial charge on any atom is -0.505 e. The van der Waals surface area contributed by atoms with Crippen molar-refractivity contribution in [3.05, 3.63) is 27.5 Å². The van der Waals surface area contributed by atoms with E-state index in [4.69, 9.17) is 0 Å². The number of phenolic OH excluding ortho intramolecular Hbond substituents is 1. The summed E-state index contributed by atoms with van der Waals surface area (Å²) >= 11 is 3.31. The van der Waals surface area contributed by atoms with Crippen LogP contribution < -0.4 is 5.32 Å². The van der Waals surface area contributed by atoms with Crippen LogP contribution in [0, 0.1) is 12.7 Å². The molecule has 0 aliphatic carbocycles. The van der Waals surface area contributed by atoms with Crippen LogP contribution in [0.1, 0.15) is 11.1 Å². The average molecular weight is 303 g/mol. The number of hydrogen-bond acceptors (Lipinski definition) is 3. The van der Waals surface area contributed by atoms with E-state index in [1.54, 1.807) is 0 Å². The third-order valence-corrected chi connectivity index (χ3v) is 3.99. The topological polar surface area (TPSA) is 35.5 Å². The number of nitrogens with zero attached hydrogens (tertiary/aromatic N) is 1. The molecule has 0 atom stereocenters. The quantitative estimate of drug-likeness (QED) is 0.877. The monoisotopic (exact) mass is 302 g/mol. The highest BCUT2D eigenvalue weighted by atomic mass is 79.9. The Labute approximate surface area is 109 Å². The van der Waals surface area contributed by atoms with Gasteiger partial charge in [0, 0.05) is 42.8 Å². The predicted octanol–water partition coefficient (Wildman–Crippen LogP) is 2.01. The molecule has 0 aromatic heterocycles. The maximum atomic E-state index is 13.5. The van der Waals surface area contributed by atoms with Gasteiger partial charge in [0.25, 0.3) is 0 Å². The fourth-order valence-corrected chi connectivity index (χ4v) is 2.48. The number of nitrogens with one attached hydrogen (secondary N) is 1. The van der Waals surface area contributed by atoms with Crippen molar-refractivity contribution >= 4 is 15.9 Å². The summed E-state index contributed by atoms with van der Waals surface area (Å²) in [4.78, 5) is 2.21. The Morgan fingerprint density at radius 1 is 1.47 bits per heavy atom. The molecule has 94 valence electrons. The zero-order valence-corrected chi connectivity index (χ0v) is 11.3. The molecule has 1 saturated heterocycles. The molecule has 1 aliphatic heterocycles. The molecule has 0 spiro atoms. The van der Waals surface area contributed by atoms with Crippen LogP contribution >= 0.6 is 15.9 Å². The molecule has 5 heteroatoms. The maximum absolute atomic E-state index is 13.5. The Morgan fingerprint density at radius 2 is 2.12 bits per heavy atom. The lowest BCUT2D eigenvalue weighted by molar-refractivity contribution is 0.229. The van der Waals surface area contributed by atoms with E-state index in [1.807, 2.05) is 6.92 Å². The van der Waals surface area contributed by atoms with Crippen LogP contribution in [0.15, 0.2) is 10.5 Å². The van der Waals surface area contributed by atoms with Gasteiger partial charge in [0.2, 0.25) is 0 Å². The Hall–Kier alpha value is -0.650. The molecule has 17 heavy (non-hydrogen) atoms. The van der Waals surface area contributed by atoms with Gasteiger partial charge in [0.15, 0.2) is 11.6 Å². The molecule has 2 N–H and O–H groups in total. The van der Waals surface area contributed by atoms with Crippen LogP contribution in [0.5, 0.6) is 5.75 Å². The van der Waals surface area contributed by atoms with Gasteiger partial charge in [-0.15, -0.1) is 0 Å². The van der Waals surface area contributed by atoms with Crippen molar-refractivity contribution in [2.45, 2.75) is 13.5 Å². The second kappa shape index (κ2) is 5.33. The third-order valence-electron chi connectivity index (χ3n) is 3.17. The minimum absolute atomic E-state index is 0.218. The van der Waals surface area contributed by atoms with Gasteiger partial charge < -0.3 is 10.4 Å². The first-order valence-electron chi connectivity index (χ1n) is 5.69. The molecule has 1 aromatic rings. The first kappa shape index (κ1) is 12.8. The van der Waals surface area contributed by atoms with Gasteiger partial charge in [-0.25, -0.2) is 4.39 Å². The first-order chi connectivity index (χ1) is 8.09. The van der Waals surface area contributed by atoms with Crippen molar-refractivity contribution in [2.75, 3.05) is 26.2 Å². The number of piperazine rings is 1. The third kappa shape index (κ3) is 2.78. The van der Waals surface area contributed by atoms with E-state index < -0.39 is 5.82 Å².